The Morgan fingerprint density at radius 3 is 2.67 bits per heavy atom. The summed E-state index contributed by atoms with van der Waals surface area (Å²) >= 11 is 6.67. The molecule has 2 aromatic rings. The third-order valence-corrected chi connectivity index (χ3v) is 2.97. The third-order valence-electron chi connectivity index (χ3n) is 1.93. The molecule has 2 N–H and O–H groups in total. The van der Waals surface area contributed by atoms with Crippen LogP contribution in [0.2, 0.25) is 0 Å². The average molecular weight is 332 g/mol. The molecule has 0 aromatic carbocycles. The Balaban J connectivity index is 2.54. The fourth-order valence-corrected chi connectivity index (χ4v) is 1.97. The van der Waals surface area contributed by atoms with Crippen molar-refractivity contribution in [3.63, 3.8) is 0 Å². The summed E-state index contributed by atoms with van der Waals surface area (Å²) in [5.41, 5.74) is 6.67. The van der Waals surface area contributed by atoms with E-state index < -0.39 is 0 Å². The van der Waals surface area contributed by atoms with Gasteiger partial charge >= 0.3 is 0 Å². The number of pyridine rings is 1. The van der Waals surface area contributed by atoms with E-state index in [0.717, 1.165) is 20.3 Å². The number of nitrogen functional groups attached to an aromatic ring is 1. The molecule has 6 heteroatoms. The molecule has 0 aliphatic carbocycles. The van der Waals surface area contributed by atoms with E-state index in [1.165, 1.54) is 0 Å². The lowest BCUT2D eigenvalue weighted by molar-refractivity contribution is 0.841. The quantitative estimate of drug-likeness (QED) is 0.874. The topological polar surface area (TPSA) is 56.7 Å². The second-order valence-corrected chi connectivity index (χ2v) is 4.87. The number of nitrogens with zero attached hydrogens (tertiary/aromatic N) is 3. The molecule has 0 aliphatic heterocycles. The van der Waals surface area contributed by atoms with Crippen LogP contribution >= 0.6 is 31.9 Å². The normalized spacial score (nSPS) is 10.6. The minimum absolute atomic E-state index is 0.458. The third kappa shape index (κ3) is 2.05. The van der Waals surface area contributed by atoms with Gasteiger partial charge in [-0.05, 0) is 50.4 Å². The SMILES string of the molecule is Cc1cc(Br)cnc1-n1cc(Br)c(N)n1. The van der Waals surface area contributed by atoms with Crippen LogP contribution in [-0.4, -0.2) is 14.8 Å². The highest BCUT2D eigenvalue weighted by atomic mass is 79.9. The molecular weight excluding hydrogens is 324 g/mol. The predicted molar refractivity (Wildman–Crippen MR) is 65.9 cm³/mol. The number of aryl methyl sites for hydroxylation is 1. The van der Waals surface area contributed by atoms with Gasteiger partial charge in [-0.2, -0.15) is 0 Å². The molecule has 0 unspecified atom stereocenters. The second kappa shape index (κ2) is 3.94. The summed E-state index contributed by atoms with van der Waals surface area (Å²) in [5, 5.41) is 4.14. The van der Waals surface area contributed by atoms with Crippen LogP contribution in [0, 0.1) is 6.92 Å². The van der Waals surface area contributed by atoms with Crippen molar-refractivity contribution in [1.29, 1.82) is 0 Å². The minimum atomic E-state index is 0.458. The molecule has 0 aliphatic rings. The first-order chi connectivity index (χ1) is 7.08. The fraction of sp³-hybridized carbons (Fsp3) is 0.111. The Kier molecular flexibility index (Phi) is 2.79. The molecule has 15 heavy (non-hydrogen) atoms. The van der Waals surface area contributed by atoms with Gasteiger partial charge in [-0.3, -0.25) is 0 Å². The van der Waals surface area contributed by atoms with E-state index in [1.54, 1.807) is 17.1 Å². The van der Waals surface area contributed by atoms with Gasteiger partial charge in [0, 0.05) is 16.9 Å². The number of aromatic nitrogens is 3. The van der Waals surface area contributed by atoms with Crippen LogP contribution in [0.4, 0.5) is 5.82 Å². The minimum Gasteiger partial charge on any atom is -0.381 e. The summed E-state index contributed by atoms with van der Waals surface area (Å²) < 4.78 is 3.37. The van der Waals surface area contributed by atoms with Gasteiger partial charge in [-0.25, -0.2) is 9.67 Å². The molecule has 0 fully saturated rings. The van der Waals surface area contributed by atoms with Crippen LogP contribution in [0.15, 0.2) is 27.4 Å². The maximum absolute atomic E-state index is 5.64. The van der Waals surface area contributed by atoms with Crippen LogP contribution in [0.25, 0.3) is 5.82 Å². The van der Waals surface area contributed by atoms with Gasteiger partial charge in [0.25, 0.3) is 0 Å². The van der Waals surface area contributed by atoms with Crippen LogP contribution in [0.3, 0.4) is 0 Å². The van der Waals surface area contributed by atoms with E-state index in [-0.39, 0.29) is 0 Å². The van der Waals surface area contributed by atoms with Crippen LogP contribution < -0.4 is 5.73 Å². The lowest BCUT2D eigenvalue weighted by Crippen LogP contribution is -2.01. The maximum Gasteiger partial charge on any atom is 0.160 e. The first kappa shape index (κ1) is 10.6. The molecule has 2 rings (SSSR count). The van der Waals surface area contributed by atoms with Crippen molar-refractivity contribution in [3.05, 3.63) is 33.0 Å². The molecule has 4 nitrogen and oxygen atoms in total. The fourth-order valence-electron chi connectivity index (χ4n) is 1.25. The molecule has 2 heterocycles. The molecule has 0 saturated heterocycles. The molecule has 2 aromatic heterocycles. The summed E-state index contributed by atoms with van der Waals surface area (Å²) in [5.74, 6) is 1.23. The molecule has 0 atom stereocenters. The van der Waals surface area contributed by atoms with Crippen molar-refractivity contribution in [2.24, 2.45) is 0 Å². The van der Waals surface area contributed by atoms with Gasteiger partial charge in [-0.1, -0.05) is 0 Å². The summed E-state index contributed by atoms with van der Waals surface area (Å²) in [6, 6.07) is 1.98. The number of halogens is 2. The Hall–Kier alpha value is -0.880. The Morgan fingerprint density at radius 1 is 1.40 bits per heavy atom. The zero-order chi connectivity index (χ0) is 11.0. The van der Waals surface area contributed by atoms with Crippen LogP contribution in [0.1, 0.15) is 5.56 Å². The van der Waals surface area contributed by atoms with Gasteiger partial charge in [0.1, 0.15) is 0 Å². The standard InChI is InChI=1S/C9H8Br2N4/c1-5-2-6(10)3-13-9(5)15-4-7(11)8(12)14-15/h2-4H,1H3,(H2,12,14). The summed E-state index contributed by atoms with van der Waals surface area (Å²) in [4.78, 5) is 4.28. The number of hydrogen-bond donors (Lipinski definition) is 1. The molecule has 0 amide bonds. The monoisotopic (exact) mass is 330 g/mol. The molecule has 78 valence electrons. The van der Waals surface area contributed by atoms with E-state index in [1.807, 2.05) is 13.0 Å². The molecule has 0 radical (unpaired) electrons. The van der Waals surface area contributed by atoms with Crippen molar-refractivity contribution in [1.82, 2.24) is 14.8 Å². The number of anilines is 1. The molecule has 0 saturated carbocycles. The Bertz CT molecular complexity index is 487. The van der Waals surface area contributed by atoms with E-state index in [9.17, 15) is 0 Å². The zero-order valence-corrected chi connectivity index (χ0v) is 11.1. The van der Waals surface area contributed by atoms with Gasteiger partial charge < -0.3 is 5.73 Å². The smallest absolute Gasteiger partial charge is 0.160 e. The predicted octanol–water partition coefficient (Wildman–Crippen LogP) is 2.68. The first-order valence-electron chi connectivity index (χ1n) is 4.21. The van der Waals surface area contributed by atoms with Gasteiger partial charge in [0.2, 0.25) is 0 Å². The van der Waals surface area contributed by atoms with E-state index >= 15 is 0 Å². The summed E-state index contributed by atoms with van der Waals surface area (Å²) in [6.45, 7) is 1.97. The van der Waals surface area contributed by atoms with Crippen LogP contribution in [0.5, 0.6) is 0 Å². The van der Waals surface area contributed by atoms with Crippen molar-refractivity contribution in [2.45, 2.75) is 6.92 Å². The van der Waals surface area contributed by atoms with Gasteiger partial charge in [0.15, 0.2) is 11.6 Å². The Labute approximate surface area is 104 Å². The van der Waals surface area contributed by atoms with Crippen molar-refractivity contribution >= 4 is 37.7 Å². The van der Waals surface area contributed by atoms with Crippen molar-refractivity contribution in [3.8, 4) is 5.82 Å². The van der Waals surface area contributed by atoms with Crippen LogP contribution in [-0.2, 0) is 0 Å². The largest absolute Gasteiger partial charge is 0.381 e. The Morgan fingerprint density at radius 2 is 2.13 bits per heavy atom. The average Bonchev–Trinajstić information content (AvgIpc) is 2.46. The molecule has 0 spiro atoms. The summed E-state index contributed by atoms with van der Waals surface area (Å²) in [7, 11) is 0. The zero-order valence-electron chi connectivity index (χ0n) is 7.91. The van der Waals surface area contributed by atoms with Crippen molar-refractivity contribution < 1.29 is 0 Å². The number of nitrogens with two attached hydrogens (primary N) is 1. The van der Waals surface area contributed by atoms with E-state index in [4.69, 9.17) is 5.73 Å². The van der Waals surface area contributed by atoms with Crippen molar-refractivity contribution in [2.75, 3.05) is 5.73 Å². The second-order valence-electron chi connectivity index (χ2n) is 3.10. The highest BCUT2D eigenvalue weighted by molar-refractivity contribution is 9.10. The highest BCUT2D eigenvalue weighted by Crippen LogP contribution is 2.21. The lowest BCUT2D eigenvalue weighted by atomic mass is 10.3. The first-order valence-corrected chi connectivity index (χ1v) is 5.79. The number of hydrogen-bond acceptors (Lipinski definition) is 3. The van der Waals surface area contributed by atoms with Gasteiger partial charge in [-0.15, -0.1) is 5.10 Å². The molecule has 0 bridgehead atoms. The summed E-state index contributed by atoms with van der Waals surface area (Å²) in [6.07, 6.45) is 3.52. The van der Waals surface area contributed by atoms with E-state index in [2.05, 4.69) is 41.9 Å². The number of rotatable bonds is 1. The lowest BCUT2D eigenvalue weighted by Gasteiger charge is -2.03. The molecular formula is C9H8Br2N4. The van der Waals surface area contributed by atoms with E-state index in [0.29, 0.717) is 5.82 Å². The van der Waals surface area contributed by atoms with Gasteiger partial charge in [0.05, 0.1) is 4.47 Å². The maximum atomic E-state index is 5.64. The highest BCUT2D eigenvalue weighted by Gasteiger charge is 2.07.